The third-order valence-corrected chi connectivity index (χ3v) is 8.48. The first-order valence-corrected chi connectivity index (χ1v) is 14.6. The van der Waals surface area contributed by atoms with Crippen molar-refractivity contribution >= 4 is 43.4 Å². The van der Waals surface area contributed by atoms with Crippen molar-refractivity contribution in [3.63, 3.8) is 0 Å². The molecule has 0 N–H and O–H groups in total. The minimum atomic E-state index is 0.852. The lowest BCUT2D eigenvalue weighted by Crippen LogP contribution is -2.24. The van der Waals surface area contributed by atoms with E-state index in [0.717, 1.165) is 11.2 Å². The van der Waals surface area contributed by atoms with Crippen LogP contribution >= 0.6 is 22.7 Å². The van der Waals surface area contributed by atoms with Gasteiger partial charge in [0.25, 0.3) is 0 Å². The number of hydrogen-bond acceptors (Lipinski definition) is 4. The van der Waals surface area contributed by atoms with Crippen molar-refractivity contribution in [2.45, 2.75) is 117 Å². The van der Waals surface area contributed by atoms with E-state index < -0.39 is 0 Å². The third kappa shape index (κ3) is 10.5. The molecule has 176 valence electrons. The Morgan fingerprint density at radius 2 is 1.10 bits per heavy atom. The van der Waals surface area contributed by atoms with Crippen LogP contribution in [0.1, 0.15) is 126 Å². The van der Waals surface area contributed by atoms with Crippen LogP contribution in [0, 0.1) is 0 Å². The molecule has 2 aromatic heterocycles. The predicted octanol–water partition coefficient (Wildman–Crippen LogP) is 9.86. The van der Waals surface area contributed by atoms with Crippen molar-refractivity contribution in [2.24, 2.45) is 0 Å². The molecule has 0 radical (unpaired) electrons. The second-order valence-electron chi connectivity index (χ2n) is 9.02. The Balaban J connectivity index is 1.76. The van der Waals surface area contributed by atoms with Crippen molar-refractivity contribution in [3.05, 3.63) is 17.0 Å². The fraction of sp³-hybridized carbons (Fsp3) is 0.741. The summed E-state index contributed by atoms with van der Waals surface area (Å²) in [7, 11) is 0. The summed E-state index contributed by atoms with van der Waals surface area (Å²) in [4.78, 5) is 14.6. The Morgan fingerprint density at radius 1 is 0.645 bits per heavy atom. The maximum absolute atomic E-state index is 11.1. The summed E-state index contributed by atoms with van der Waals surface area (Å²) < 4.78 is 2.55. The summed E-state index contributed by atoms with van der Waals surface area (Å²) in [5.41, 5.74) is 0. The lowest BCUT2D eigenvalue weighted by atomic mass is 10.1. The van der Waals surface area contributed by atoms with Gasteiger partial charge in [-0.25, -0.2) is 0 Å². The molecule has 0 unspecified atom stereocenters. The topological polar surface area (TPSA) is 20.3 Å². The van der Waals surface area contributed by atoms with E-state index in [1.165, 1.54) is 130 Å². The van der Waals surface area contributed by atoms with Crippen LogP contribution in [0.25, 0.3) is 9.40 Å². The van der Waals surface area contributed by atoms with E-state index in [9.17, 15) is 4.79 Å². The monoisotopic (exact) mass is 463 g/mol. The molecule has 2 rings (SSSR count). The highest BCUT2D eigenvalue weighted by Crippen LogP contribution is 2.37. The molecule has 2 aromatic rings. The van der Waals surface area contributed by atoms with E-state index in [-0.39, 0.29) is 0 Å². The van der Waals surface area contributed by atoms with Gasteiger partial charge in [0.1, 0.15) is 0 Å². The molecule has 0 aliphatic carbocycles. The molecule has 0 spiro atoms. The lowest BCUT2D eigenvalue weighted by molar-refractivity contribution is 0.112. The Bertz CT molecular complexity index is 654. The van der Waals surface area contributed by atoms with Crippen LogP contribution in [0.15, 0.2) is 12.1 Å². The predicted molar refractivity (Wildman–Crippen MR) is 143 cm³/mol. The highest BCUT2D eigenvalue weighted by Gasteiger charge is 2.12. The van der Waals surface area contributed by atoms with Gasteiger partial charge in [-0.1, -0.05) is 104 Å². The smallest absolute Gasteiger partial charge is 0.160 e. The number of rotatable bonds is 20. The largest absolute Gasteiger partial charge is 0.363 e. The quantitative estimate of drug-likeness (QED) is 0.144. The van der Waals surface area contributed by atoms with E-state index in [1.807, 2.05) is 11.3 Å². The highest BCUT2D eigenvalue weighted by molar-refractivity contribution is 7.30. The average Bonchev–Trinajstić information content (AvgIpc) is 3.35. The summed E-state index contributed by atoms with van der Waals surface area (Å²) in [6.07, 6.45) is 23.0. The summed E-state index contributed by atoms with van der Waals surface area (Å²) >= 11 is 3.51. The average molecular weight is 464 g/mol. The van der Waals surface area contributed by atoms with Crippen molar-refractivity contribution in [1.82, 2.24) is 0 Å². The van der Waals surface area contributed by atoms with Gasteiger partial charge < -0.3 is 4.90 Å². The Hall–Kier alpha value is -0.870. The highest BCUT2D eigenvalue weighted by atomic mass is 32.1. The number of anilines is 1. The zero-order chi connectivity index (χ0) is 22.2. The van der Waals surface area contributed by atoms with Gasteiger partial charge in [0.15, 0.2) is 6.29 Å². The van der Waals surface area contributed by atoms with Gasteiger partial charge in [0.2, 0.25) is 0 Å². The van der Waals surface area contributed by atoms with Gasteiger partial charge in [0, 0.05) is 22.5 Å². The van der Waals surface area contributed by atoms with E-state index in [1.54, 1.807) is 11.3 Å². The van der Waals surface area contributed by atoms with Crippen molar-refractivity contribution in [1.29, 1.82) is 0 Å². The van der Waals surface area contributed by atoms with Crippen LogP contribution < -0.4 is 4.90 Å². The van der Waals surface area contributed by atoms with E-state index in [4.69, 9.17) is 0 Å². The summed E-state index contributed by atoms with van der Waals surface area (Å²) in [5.74, 6) is 0. The summed E-state index contributed by atoms with van der Waals surface area (Å²) in [6, 6.07) is 4.39. The molecule has 0 saturated carbocycles. The Kier molecular flexibility index (Phi) is 14.2. The van der Waals surface area contributed by atoms with Crippen LogP contribution in [-0.4, -0.2) is 19.4 Å². The molecule has 0 aliphatic rings. The number of hydrogen-bond donors (Lipinski definition) is 0. The van der Waals surface area contributed by atoms with Crippen molar-refractivity contribution < 1.29 is 4.79 Å². The standard InChI is InChI=1S/C27H45NOS2/c1-3-5-7-9-11-13-15-17-19-28(20-18-16-14-12-10-8-6-4-2)27-22-26-25(31-27)21-24(23-29)30-26/h21-23H,3-20H2,1-2H3. The second kappa shape index (κ2) is 16.7. The number of unbranched alkanes of at least 4 members (excludes halogenated alkanes) is 14. The minimum absolute atomic E-state index is 0.852. The number of carbonyl (C=O) groups excluding carboxylic acids is 1. The van der Waals surface area contributed by atoms with Gasteiger partial charge >= 0.3 is 0 Å². The van der Waals surface area contributed by atoms with Gasteiger partial charge in [-0.05, 0) is 25.0 Å². The van der Waals surface area contributed by atoms with Crippen LogP contribution in [0.5, 0.6) is 0 Å². The maximum atomic E-state index is 11.1. The van der Waals surface area contributed by atoms with Gasteiger partial charge in [-0.3, -0.25) is 4.79 Å². The minimum Gasteiger partial charge on any atom is -0.363 e. The van der Waals surface area contributed by atoms with Crippen LogP contribution in [0.2, 0.25) is 0 Å². The molecule has 2 nitrogen and oxygen atoms in total. The number of fused-ring (bicyclic) bond motifs is 1. The fourth-order valence-electron chi connectivity index (χ4n) is 4.26. The third-order valence-electron chi connectivity index (χ3n) is 6.20. The molecule has 0 amide bonds. The fourth-order valence-corrected chi connectivity index (χ4v) is 6.53. The first-order valence-electron chi connectivity index (χ1n) is 13.0. The Morgan fingerprint density at radius 3 is 1.55 bits per heavy atom. The zero-order valence-corrected chi connectivity index (χ0v) is 21.8. The molecular formula is C27H45NOS2. The second-order valence-corrected chi connectivity index (χ2v) is 11.2. The van der Waals surface area contributed by atoms with Gasteiger partial charge in [-0.2, -0.15) is 0 Å². The normalized spacial score (nSPS) is 11.4. The zero-order valence-electron chi connectivity index (χ0n) is 20.1. The molecule has 0 saturated heterocycles. The molecule has 2 heterocycles. The molecule has 0 aliphatic heterocycles. The Labute approximate surface area is 199 Å². The molecule has 31 heavy (non-hydrogen) atoms. The molecule has 0 atom stereocenters. The molecule has 4 heteroatoms. The molecular weight excluding hydrogens is 418 g/mol. The number of nitrogens with zero attached hydrogens (tertiary/aromatic N) is 1. The molecule has 0 aromatic carbocycles. The maximum Gasteiger partial charge on any atom is 0.160 e. The number of thiophene rings is 2. The number of aldehydes is 1. The van der Waals surface area contributed by atoms with Gasteiger partial charge in [0.05, 0.1) is 9.88 Å². The summed E-state index contributed by atoms with van der Waals surface area (Å²) in [6.45, 7) is 6.94. The van der Waals surface area contributed by atoms with Crippen LogP contribution in [0.4, 0.5) is 5.00 Å². The van der Waals surface area contributed by atoms with Gasteiger partial charge in [-0.15, -0.1) is 22.7 Å². The van der Waals surface area contributed by atoms with E-state index >= 15 is 0 Å². The van der Waals surface area contributed by atoms with Crippen molar-refractivity contribution in [3.8, 4) is 0 Å². The molecule has 0 bridgehead atoms. The van der Waals surface area contributed by atoms with E-state index in [2.05, 4.69) is 30.9 Å². The number of carbonyl (C=O) groups is 1. The first-order chi connectivity index (χ1) is 15.3. The van der Waals surface area contributed by atoms with Crippen LogP contribution in [0.3, 0.4) is 0 Å². The van der Waals surface area contributed by atoms with Crippen LogP contribution in [-0.2, 0) is 0 Å². The summed E-state index contributed by atoms with van der Waals surface area (Å²) in [5, 5.41) is 1.41. The molecule has 0 fully saturated rings. The van der Waals surface area contributed by atoms with E-state index in [0.29, 0.717) is 0 Å². The lowest BCUT2D eigenvalue weighted by Gasteiger charge is -2.23. The van der Waals surface area contributed by atoms with Crippen molar-refractivity contribution in [2.75, 3.05) is 18.0 Å². The SMILES string of the molecule is CCCCCCCCCCN(CCCCCCCCCC)c1cc2sc(C=O)cc2s1. The first kappa shape index (κ1) is 26.4.